The number of nitrogens with zero attached hydrogens (tertiary/aromatic N) is 1. The van der Waals surface area contributed by atoms with E-state index in [-0.39, 0.29) is 27.9 Å². The predicted octanol–water partition coefficient (Wildman–Crippen LogP) is 2.24. The summed E-state index contributed by atoms with van der Waals surface area (Å²) in [5.74, 6) is -1.41. The maximum Gasteiger partial charge on any atom is 0.339 e. The third kappa shape index (κ3) is 1.92. The fraction of sp³-hybridized carbons (Fsp3) is 0.133. The van der Waals surface area contributed by atoms with E-state index in [1.54, 1.807) is 6.07 Å². The van der Waals surface area contributed by atoms with E-state index in [1.165, 1.54) is 6.07 Å². The number of benzene rings is 1. The Morgan fingerprint density at radius 1 is 1.24 bits per heavy atom. The molecule has 0 aliphatic carbocycles. The minimum Gasteiger partial charge on any atom is -0.478 e. The number of nitrogens with two attached hydrogens (primary N) is 1. The zero-order chi connectivity index (χ0) is 15.3. The highest BCUT2D eigenvalue weighted by molar-refractivity contribution is 5.98. The van der Waals surface area contributed by atoms with Crippen molar-refractivity contribution < 1.29 is 14.3 Å². The van der Waals surface area contributed by atoms with E-state index >= 15 is 0 Å². The van der Waals surface area contributed by atoms with Gasteiger partial charge in [-0.15, -0.1) is 0 Å². The molecular weight excluding hydrogens is 272 g/mol. The Hall–Kier alpha value is -2.89. The molecule has 2 aromatic heterocycles. The highest BCUT2D eigenvalue weighted by atomic mass is 16.4. The van der Waals surface area contributed by atoms with Gasteiger partial charge in [-0.2, -0.15) is 4.98 Å². The Labute approximate surface area is 118 Å². The maximum atomic E-state index is 12.5. The molecule has 0 unspecified atom stereocenters. The Bertz CT molecular complexity index is 973. The normalized spacial score (nSPS) is 11.1. The quantitative estimate of drug-likeness (QED) is 0.664. The summed E-state index contributed by atoms with van der Waals surface area (Å²) in [6.45, 7) is 3.71. The molecule has 3 N–H and O–H groups in total. The van der Waals surface area contributed by atoms with Gasteiger partial charge in [0.15, 0.2) is 0 Å². The van der Waals surface area contributed by atoms with Gasteiger partial charge in [0, 0.05) is 0 Å². The summed E-state index contributed by atoms with van der Waals surface area (Å²) in [7, 11) is 0. The van der Waals surface area contributed by atoms with Gasteiger partial charge in [-0.1, -0.05) is 6.07 Å². The number of pyridine rings is 1. The standard InChI is InChI=1S/C15H12N2O4/c1-6-3-7(2)12-8(4-6)11(18)9-5-10(15(19)20)13(16)17-14(9)21-12/h3-5H,1-2H3,(H2,16,17)(H,19,20). The van der Waals surface area contributed by atoms with Crippen molar-refractivity contribution in [3.8, 4) is 0 Å². The lowest BCUT2D eigenvalue weighted by Crippen LogP contribution is -2.10. The molecule has 0 aliphatic rings. The molecular formula is C15H12N2O4. The molecule has 2 heterocycles. The SMILES string of the molecule is Cc1cc(C)c2oc3nc(N)c(C(=O)O)cc3c(=O)c2c1. The van der Waals surface area contributed by atoms with E-state index in [9.17, 15) is 9.59 Å². The van der Waals surface area contributed by atoms with E-state index in [2.05, 4.69) is 4.98 Å². The fourth-order valence-corrected chi connectivity index (χ4v) is 2.42. The number of aromatic carboxylic acids is 1. The molecule has 21 heavy (non-hydrogen) atoms. The molecule has 0 bridgehead atoms. The third-order valence-corrected chi connectivity index (χ3v) is 3.35. The number of anilines is 1. The zero-order valence-electron chi connectivity index (χ0n) is 11.4. The van der Waals surface area contributed by atoms with Gasteiger partial charge in [-0.3, -0.25) is 4.79 Å². The van der Waals surface area contributed by atoms with Crippen LogP contribution >= 0.6 is 0 Å². The Morgan fingerprint density at radius 2 is 1.95 bits per heavy atom. The Balaban J connectivity index is 2.54. The largest absolute Gasteiger partial charge is 0.478 e. The van der Waals surface area contributed by atoms with Gasteiger partial charge in [0.25, 0.3) is 0 Å². The minimum atomic E-state index is -1.23. The van der Waals surface area contributed by atoms with Crippen molar-refractivity contribution in [2.24, 2.45) is 0 Å². The number of fused-ring (bicyclic) bond motifs is 2. The van der Waals surface area contributed by atoms with Crippen LogP contribution in [-0.4, -0.2) is 16.1 Å². The lowest BCUT2D eigenvalue weighted by Gasteiger charge is -2.06. The molecule has 0 atom stereocenters. The predicted molar refractivity (Wildman–Crippen MR) is 78.6 cm³/mol. The van der Waals surface area contributed by atoms with Crippen LogP contribution in [0.2, 0.25) is 0 Å². The van der Waals surface area contributed by atoms with Crippen LogP contribution in [0.15, 0.2) is 27.4 Å². The van der Waals surface area contributed by atoms with Gasteiger partial charge in [0.05, 0.1) is 10.8 Å². The van der Waals surface area contributed by atoms with Crippen molar-refractivity contribution in [3.63, 3.8) is 0 Å². The molecule has 0 amide bonds. The number of hydrogen-bond acceptors (Lipinski definition) is 5. The summed E-state index contributed by atoms with van der Waals surface area (Å²) in [4.78, 5) is 27.5. The molecule has 0 fully saturated rings. The van der Waals surface area contributed by atoms with E-state index < -0.39 is 5.97 Å². The van der Waals surface area contributed by atoms with E-state index in [1.807, 2.05) is 19.9 Å². The number of hydrogen-bond donors (Lipinski definition) is 2. The van der Waals surface area contributed by atoms with Crippen molar-refractivity contribution >= 4 is 33.9 Å². The second-order valence-corrected chi connectivity index (χ2v) is 4.97. The second-order valence-electron chi connectivity index (χ2n) is 4.97. The van der Waals surface area contributed by atoms with Gasteiger partial charge >= 0.3 is 5.97 Å². The minimum absolute atomic E-state index is 0.0435. The summed E-state index contributed by atoms with van der Waals surface area (Å²) in [5.41, 5.74) is 7.29. The van der Waals surface area contributed by atoms with E-state index in [4.69, 9.17) is 15.3 Å². The summed E-state index contributed by atoms with van der Waals surface area (Å²) in [5, 5.41) is 9.58. The molecule has 106 valence electrons. The van der Waals surface area contributed by atoms with Gasteiger partial charge in [0.2, 0.25) is 11.1 Å². The Morgan fingerprint density at radius 3 is 2.62 bits per heavy atom. The number of nitrogen functional groups attached to an aromatic ring is 1. The number of carboxylic acid groups (broad SMARTS) is 1. The van der Waals surface area contributed by atoms with Crippen LogP contribution in [0, 0.1) is 13.8 Å². The molecule has 3 rings (SSSR count). The number of carboxylic acids is 1. The number of aromatic nitrogens is 1. The lowest BCUT2D eigenvalue weighted by molar-refractivity contribution is 0.0698. The first-order chi connectivity index (χ1) is 9.88. The van der Waals surface area contributed by atoms with Crippen LogP contribution in [0.4, 0.5) is 5.82 Å². The van der Waals surface area contributed by atoms with Crippen LogP contribution in [0.25, 0.3) is 22.1 Å². The van der Waals surface area contributed by atoms with Crippen molar-refractivity contribution in [1.82, 2.24) is 4.98 Å². The molecule has 0 aliphatic heterocycles. The van der Waals surface area contributed by atoms with E-state index in [0.29, 0.717) is 11.0 Å². The van der Waals surface area contributed by atoms with Crippen LogP contribution in [0.5, 0.6) is 0 Å². The zero-order valence-corrected chi connectivity index (χ0v) is 11.4. The highest BCUT2D eigenvalue weighted by Gasteiger charge is 2.16. The second kappa shape index (κ2) is 4.31. The highest BCUT2D eigenvalue weighted by Crippen LogP contribution is 2.24. The third-order valence-electron chi connectivity index (χ3n) is 3.35. The smallest absolute Gasteiger partial charge is 0.339 e. The molecule has 3 aromatic rings. The molecule has 0 saturated carbocycles. The van der Waals surface area contributed by atoms with Gasteiger partial charge in [-0.05, 0) is 37.1 Å². The van der Waals surface area contributed by atoms with Crippen molar-refractivity contribution in [2.75, 3.05) is 5.73 Å². The topological polar surface area (TPSA) is 106 Å². The van der Waals surface area contributed by atoms with Crippen LogP contribution < -0.4 is 11.2 Å². The molecule has 6 nitrogen and oxygen atoms in total. The van der Waals surface area contributed by atoms with Gasteiger partial charge in [-0.25, -0.2) is 4.79 Å². The number of aryl methyl sites for hydroxylation is 2. The molecule has 0 spiro atoms. The summed E-state index contributed by atoms with van der Waals surface area (Å²) >= 11 is 0. The monoisotopic (exact) mass is 284 g/mol. The van der Waals surface area contributed by atoms with Gasteiger partial charge < -0.3 is 15.3 Å². The maximum absolute atomic E-state index is 12.5. The van der Waals surface area contributed by atoms with E-state index in [0.717, 1.165) is 11.1 Å². The number of carbonyl (C=O) groups is 1. The average molecular weight is 284 g/mol. The van der Waals surface area contributed by atoms with Gasteiger partial charge in [0.1, 0.15) is 17.0 Å². The number of rotatable bonds is 1. The molecule has 0 radical (unpaired) electrons. The van der Waals surface area contributed by atoms with Crippen LogP contribution in [0.1, 0.15) is 21.5 Å². The summed E-state index contributed by atoms with van der Waals surface area (Å²) in [6, 6.07) is 4.82. The Kier molecular flexibility index (Phi) is 2.69. The molecule has 6 heteroatoms. The summed E-state index contributed by atoms with van der Waals surface area (Å²) in [6.07, 6.45) is 0. The first kappa shape index (κ1) is 13.1. The first-order valence-corrected chi connectivity index (χ1v) is 6.26. The fourth-order valence-electron chi connectivity index (χ4n) is 2.42. The molecule has 1 aromatic carbocycles. The summed E-state index contributed by atoms with van der Waals surface area (Å²) < 4.78 is 5.64. The lowest BCUT2D eigenvalue weighted by atomic mass is 10.1. The van der Waals surface area contributed by atoms with Crippen molar-refractivity contribution in [3.05, 3.63) is 45.1 Å². The molecule has 0 saturated heterocycles. The first-order valence-electron chi connectivity index (χ1n) is 6.26. The average Bonchev–Trinajstić information content (AvgIpc) is 2.39. The van der Waals surface area contributed by atoms with Crippen LogP contribution in [-0.2, 0) is 0 Å². The van der Waals surface area contributed by atoms with Crippen molar-refractivity contribution in [1.29, 1.82) is 0 Å². The van der Waals surface area contributed by atoms with Crippen LogP contribution in [0.3, 0.4) is 0 Å². The van der Waals surface area contributed by atoms with Crippen molar-refractivity contribution in [2.45, 2.75) is 13.8 Å².